The Kier molecular flexibility index (Phi) is 5.14. The number of aryl methyl sites for hydroxylation is 1. The molecular formula is C19H20N4O2. The zero-order valence-corrected chi connectivity index (χ0v) is 14.2. The number of carbonyl (C=O) groups is 1. The molecule has 3 aromatic rings. The Morgan fingerprint density at radius 3 is 2.92 bits per heavy atom. The molecule has 0 atom stereocenters. The van der Waals surface area contributed by atoms with Crippen LogP contribution in [0, 0.1) is 6.57 Å². The highest BCUT2D eigenvalue weighted by molar-refractivity contribution is 5.83. The molecule has 25 heavy (non-hydrogen) atoms. The van der Waals surface area contributed by atoms with Gasteiger partial charge in [-0.1, -0.05) is 12.1 Å². The SMILES string of the molecule is [C-]#[N+]c1ccc2ccn(Cc3nccn3CCCCC(=O)OC)c2c1. The van der Waals surface area contributed by atoms with Crippen LogP contribution in [0.25, 0.3) is 15.7 Å². The summed E-state index contributed by atoms with van der Waals surface area (Å²) in [6, 6.07) is 7.76. The van der Waals surface area contributed by atoms with E-state index < -0.39 is 0 Å². The van der Waals surface area contributed by atoms with Crippen molar-refractivity contribution in [1.29, 1.82) is 0 Å². The average Bonchev–Trinajstić information content (AvgIpc) is 3.25. The van der Waals surface area contributed by atoms with Crippen molar-refractivity contribution in [3.05, 3.63) is 60.1 Å². The number of fused-ring (bicyclic) bond motifs is 1. The molecule has 0 aliphatic carbocycles. The van der Waals surface area contributed by atoms with Crippen molar-refractivity contribution in [2.45, 2.75) is 32.4 Å². The molecule has 0 amide bonds. The summed E-state index contributed by atoms with van der Waals surface area (Å²) in [4.78, 5) is 19.1. The van der Waals surface area contributed by atoms with E-state index in [2.05, 4.69) is 23.7 Å². The number of imidazole rings is 1. The lowest BCUT2D eigenvalue weighted by Crippen LogP contribution is -2.08. The third-order valence-electron chi connectivity index (χ3n) is 4.26. The first-order valence-electron chi connectivity index (χ1n) is 8.24. The van der Waals surface area contributed by atoms with Crippen molar-refractivity contribution in [3.63, 3.8) is 0 Å². The summed E-state index contributed by atoms with van der Waals surface area (Å²) in [5, 5.41) is 1.11. The van der Waals surface area contributed by atoms with Crippen LogP contribution in [0.3, 0.4) is 0 Å². The minimum absolute atomic E-state index is 0.166. The van der Waals surface area contributed by atoms with Crippen molar-refractivity contribution < 1.29 is 9.53 Å². The Labute approximate surface area is 146 Å². The molecule has 0 bridgehead atoms. The summed E-state index contributed by atoms with van der Waals surface area (Å²) in [6.45, 7) is 8.64. The van der Waals surface area contributed by atoms with Gasteiger partial charge in [-0.15, -0.1) is 0 Å². The molecule has 0 aliphatic rings. The van der Waals surface area contributed by atoms with Crippen LogP contribution in [0.5, 0.6) is 0 Å². The molecule has 0 saturated heterocycles. The smallest absolute Gasteiger partial charge is 0.305 e. The lowest BCUT2D eigenvalue weighted by atomic mass is 10.2. The standard InChI is InChI=1S/C19H20N4O2/c1-20-16-7-6-15-8-11-23(17(15)13-16)14-18-21-9-12-22(18)10-4-3-5-19(24)25-2/h6-9,11-13H,3-5,10,14H2,2H3. The highest BCUT2D eigenvalue weighted by Gasteiger charge is 2.08. The summed E-state index contributed by atoms with van der Waals surface area (Å²) in [6.07, 6.45) is 7.92. The van der Waals surface area contributed by atoms with E-state index in [9.17, 15) is 4.79 Å². The monoisotopic (exact) mass is 336 g/mol. The van der Waals surface area contributed by atoms with E-state index in [-0.39, 0.29) is 5.97 Å². The van der Waals surface area contributed by atoms with Gasteiger partial charge in [0.05, 0.1) is 20.2 Å². The first-order valence-corrected chi connectivity index (χ1v) is 8.24. The van der Waals surface area contributed by atoms with E-state index in [1.165, 1.54) is 7.11 Å². The number of esters is 1. The van der Waals surface area contributed by atoms with Crippen LogP contribution in [0.1, 0.15) is 25.1 Å². The molecule has 2 heterocycles. The van der Waals surface area contributed by atoms with Crippen LogP contribution in [-0.2, 0) is 22.6 Å². The first-order chi connectivity index (χ1) is 12.2. The van der Waals surface area contributed by atoms with Crippen molar-refractivity contribution in [3.8, 4) is 0 Å². The minimum atomic E-state index is -0.166. The molecule has 0 radical (unpaired) electrons. The summed E-state index contributed by atoms with van der Waals surface area (Å²) in [5.41, 5.74) is 1.67. The van der Waals surface area contributed by atoms with E-state index >= 15 is 0 Å². The van der Waals surface area contributed by atoms with Gasteiger partial charge in [0.2, 0.25) is 0 Å². The number of hydrogen-bond donors (Lipinski definition) is 0. The van der Waals surface area contributed by atoms with Gasteiger partial charge in [0.25, 0.3) is 0 Å². The van der Waals surface area contributed by atoms with Crippen LogP contribution in [0.4, 0.5) is 5.69 Å². The van der Waals surface area contributed by atoms with Gasteiger partial charge in [-0.3, -0.25) is 4.79 Å². The lowest BCUT2D eigenvalue weighted by Gasteiger charge is -2.10. The zero-order valence-electron chi connectivity index (χ0n) is 14.2. The van der Waals surface area contributed by atoms with E-state index in [0.717, 1.165) is 36.1 Å². The van der Waals surface area contributed by atoms with Gasteiger partial charge in [0, 0.05) is 37.1 Å². The number of carbonyl (C=O) groups excluding carboxylic acids is 1. The van der Waals surface area contributed by atoms with Gasteiger partial charge in [-0.25, -0.2) is 9.83 Å². The van der Waals surface area contributed by atoms with Gasteiger partial charge in [0.15, 0.2) is 5.69 Å². The first kappa shape index (κ1) is 16.8. The lowest BCUT2D eigenvalue weighted by molar-refractivity contribution is -0.140. The minimum Gasteiger partial charge on any atom is -0.469 e. The summed E-state index contributed by atoms with van der Waals surface area (Å²) >= 11 is 0. The van der Waals surface area contributed by atoms with E-state index in [1.54, 1.807) is 6.20 Å². The van der Waals surface area contributed by atoms with Crippen molar-refractivity contribution in [2.75, 3.05) is 7.11 Å². The maximum atomic E-state index is 11.2. The number of rotatable bonds is 7. The number of hydrogen-bond acceptors (Lipinski definition) is 3. The fourth-order valence-electron chi connectivity index (χ4n) is 2.88. The molecule has 6 nitrogen and oxygen atoms in total. The molecule has 3 rings (SSSR count). The number of ether oxygens (including phenoxy) is 1. The summed E-state index contributed by atoms with van der Waals surface area (Å²) in [7, 11) is 1.41. The largest absolute Gasteiger partial charge is 0.469 e. The number of aromatic nitrogens is 3. The van der Waals surface area contributed by atoms with Crippen molar-refractivity contribution >= 4 is 22.6 Å². The van der Waals surface area contributed by atoms with Crippen LogP contribution >= 0.6 is 0 Å². The van der Waals surface area contributed by atoms with Crippen LogP contribution in [-0.4, -0.2) is 27.2 Å². The topological polar surface area (TPSA) is 53.4 Å². The third kappa shape index (κ3) is 3.89. The normalized spacial score (nSPS) is 10.7. The number of methoxy groups -OCH3 is 1. The maximum Gasteiger partial charge on any atom is 0.305 e. The van der Waals surface area contributed by atoms with Gasteiger partial charge in [-0.05, 0) is 30.4 Å². The predicted octanol–water partition coefficient (Wildman–Crippen LogP) is 3.78. The van der Waals surface area contributed by atoms with Gasteiger partial charge in [-0.2, -0.15) is 0 Å². The molecule has 128 valence electrons. The maximum absolute atomic E-state index is 11.2. The van der Waals surface area contributed by atoms with Gasteiger partial charge in [0.1, 0.15) is 5.82 Å². The molecule has 0 fully saturated rings. The van der Waals surface area contributed by atoms with Crippen molar-refractivity contribution in [1.82, 2.24) is 14.1 Å². The summed E-state index contributed by atoms with van der Waals surface area (Å²) in [5.74, 6) is 0.795. The van der Waals surface area contributed by atoms with Crippen LogP contribution < -0.4 is 0 Å². The second-order valence-corrected chi connectivity index (χ2v) is 5.87. The fraction of sp³-hybridized carbons (Fsp3) is 0.316. The Bertz CT molecular complexity index is 917. The second kappa shape index (κ2) is 7.67. The molecule has 0 unspecified atom stereocenters. The number of unbranched alkanes of at least 4 members (excludes halogenated alkanes) is 1. The molecule has 0 aliphatic heterocycles. The summed E-state index contributed by atoms with van der Waals surface area (Å²) < 4.78 is 8.88. The quantitative estimate of drug-likeness (QED) is 0.375. The molecule has 0 saturated carbocycles. The van der Waals surface area contributed by atoms with Crippen LogP contribution in [0.2, 0.25) is 0 Å². The Morgan fingerprint density at radius 1 is 1.24 bits per heavy atom. The second-order valence-electron chi connectivity index (χ2n) is 5.87. The predicted molar refractivity (Wildman–Crippen MR) is 95.4 cm³/mol. The number of benzene rings is 1. The highest BCUT2D eigenvalue weighted by atomic mass is 16.5. The molecule has 0 N–H and O–H groups in total. The van der Waals surface area contributed by atoms with E-state index in [0.29, 0.717) is 18.7 Å². The van der Waals surface area contributed by atoms with Crippen LogP contribution in [0.15, 0.2) is 42.9 Å². The molecular weight excluding hydrogens is 316 g/mol. The molecule has 1 aromatic carbocycles. The fourth-order valence-corrected chi connectivity index (χ4v) is 2.88. The van der Waals surface area contributed by atoms with Gasteiger partial charge >= 0.3 is 5.97 Å². The van der Waals surface area contributed by atoms with E-state index in [4.69, 9.17) is 6.57 Å². The van der Waals surface area contributed by atoms with Crippen molar-refractivity contribution in [2.24, 2.45) is 0 Å². The Hall–Kier alpha value is -3.07. The third-order valence-corrected chi connectivity index (χ3v) is 4.26. The zero-order chi connectivity index (χ0) is 17.6. The molecule has 0 spiro atoms. The Morgan fingerprint density at radius 2 is 2.12 bits per heavy atom. The molecule has 2 aromatic heterocycles. The van der Waals surface area contributed by atoms with E-state index in [1.807, 2.05) is 36.7 Å². The highest BCUT2D eigenvalue weighted by Crippen LogP contribution is 2.23. The number of nitrogens with zero attached hydrogens (tertiary/aromatic N) is 4. The van der Waals surface area contributed by atoms with Gasteiger partial charge < -0.3 is 13.9 Å². The Balaban J connectivity index is 1.69. The average molecular weight is 336 g/mol. The molecule has 6 heteroatoms.